The van der Waals surface area contributed by atoms with Crippen LogP contribution in [-0.2, 0) is 21.3 Å². The molecule has 3 heterocycles. The van der Waals surface area contributed by atoms with Gasteiger partial charge in [0.05, 0.1) is 24.2 Å². The summed E-state index contributed by atoms with van der Waals surface area (Å²) in [5.74, 6) is 3.39. The van der Waals surface area contributed by atoms with E-state index in [2.05, 4.69) is 11.9 Å². The molecule has 28 heavy (non-hydrogen) atoms. The summed E-state index contributed by atoms with van der Waals surface area (Å²) in [6.07, 6.45) is 6.61. The highest BCUT2D eigenvalue weighted by atomic mass is 31.1. The van der Waals surface area contributed by atoms with Crippen LogP contribution in [0.2, 0.25) is 0 Å². The Morgan fingerprint density at radius 2 is 1.93 bits per heavy atom. The van der Waals surface area contributed by atoms with Gasteiger partial charge in [-0.2, -0.15) is 0 Å². The second kappa shape index (κ2) is 5.18. The molecular weight excluding hydrogens is 375 g/mol. The van der Waals surface area contributed by atoms with Crippen LogP contribution >= 0.6 is 7.55 Å². The zero-order chi connectivity index (χ0) is 18.7. The van der Waals surface area contributed by atoms with Crippen molar-refractivity contribution in [3.05, 3.63) is 23.3 Å². The molecule has 0 amide bonds. The number of hydrogen-bond acceptors (Lipinski definition) is 5. The molecule has 1 aromatic rings. The molecule has 5 atom stereocenters. The largest absolute Gasteiger partial charge is 0.504 e. The van der Waals surface area contributed by atoms with Gasteiger partial charge in [0.15, 0.2) is 17.6 Å². The number of rotatable bonds is 1. The zero-order valence-corrected chi connectivity index (χ0v) is 16.9. The van der Waals surface area contributed by atoms with Gasteiger partial charge < -0.3 is 24.4 Å². The Kier molecular flexibility index (Phi) is 3.10. The fourth-order valence-corrected chi connectivity index (χ4v) is 11.1. The van der Waals surface area contributed by atoms with Crippen LogP contribution in [0, 0.1) is 5.92 Å². The third kappa shape index (κ3) is 1.78. The Bertz CT molecular complexity index is 918. The third-order valence-corrected chi connectivity index (χ3v) is 11.8. The maximum atomic E-state index is 12.4. The van der Waals surface area contributed by atoms with Crippen molar-refractivity contribution in [3.8, 4) is 11.5 Å². The first-order valence-electron chi connectivity index (χ1n) is 10.8. The highest BCUT2D eigenvalue weighted by Crippen LogP contribution is 2.71. The molecule has 2 bridgehead atoms. The van der Waals surface area contributed by atoms with Crippen molar-refractivity contribution in [1.29, 1.82) is 0 Å². The molecular formula is C22H27O5P. The molecule has 1 unspecified atom stereocenters. The maximum absolute atomic E-state index is 12.4. The van der Waals surface area contributed by atoms with E-state index >= 15 is 0 Å². The fourth-order valence-electron chi connectivity index (χ4n) is 7.20. The molecule has 7 rings (SSSR count). The Balaban J connectivity index is 1.49. The molecule has 6 heteroatoms. The van der Waals surface area contributed by atoms with Crippen LogP contribution in [-0.4, -0.2) is 58.5 Å². The number of phenolic OH excluding ortho intramolecular Hbond substituents is 1. The van der Waals surface area contributed by atoms with Crippen molar-refractivity contribution < 1.29 is 24.4 Å². The van der Waals surface area contributed by atoms with Gasteiger partial charge in [-0.05, 0) is 55.8 Å². The minimum absolute atomic E-state index is 0.178. The summed E-state index contributed by atoms with van der Waals surface area (Å²) < 4.78 is 18.8. The lowest BCUT2D eigenvalue weighted by Gasteiger charge is -2.63. The first kappa shape index (κ1) is 16.8. The van der Waals surface area contributed by atoms with Gasteiger partial charge in [0.2, 0.25) is 5.79 Å². The quantitative estimate of drug-likeness (QED) is 0.707. The smallest absolute Gasteiger partial charge is 0.207 e. The molecule has 6 aliphatic rings. The predicted molar refractivity (Wildman–Crippen MR) is 107 cm³/mol. The monoisotopic (exact) mass is 402 g/mol. The number of aliphatic hydroxyl groups is 1. The number of phenols is 1. The van der Waals surface area contributed by atoms with E-state index in [0.717, 1.165) is 24.3 Å². The molecule has 150 valence electrons. The molecule has 4 fully saturated rings. The van der Waals surface area contributed by atoms with Crippen molar-refractivity contribution in [2.75, 3.05) is 19.4 Å². The van der Waals surface area contributed by atoms with Gasteiger partial charge in [-0.1, -0.05) is 11.9 Å². The van der Waals surface area contributed by atoms with Crippen molar-refractivity contribution in [3.63, 3.8) is 0 Å². The van der Waals surface area contributed by atoms with Crippen LogP contribution in [0.1, 0.15) is 43.2 Å². The molecule has 0 aromatic heterocycles. The van der Waals surface area contributed by atoms with E-state index in [9.17, 15) is 10.2 Å². The normalized spacial score (nSPS) is 44.5. The van der Waals surface area contributed by atoms with Gasteiger partial charge in [-0.25, -0.2) is 0 Å². The van der Waals surface area contributed by atoms with Gasteiger partial charge >= 0.3 is 0 Å². The summed E-state index contributed by atoms with van der Waals surface area (Å²) >= 11 is 0. The summed E-state index contributed by atoms with van der Waals surface area (Å²) in [7, 11) is -0.748. The lowest BCUT2D eigenvalue weighted by Crippen LogP contribution is -2.75. The summed E-state index contributed by atoms with van der Waals surface area (Å²) in [5.41, 5.74) is 1.31. The molecule has 2 saturated carbocycles. The van der Waals surface area contributed by atoms with E-state index in [1.807, 2.05) is 0 Å². The minimum Gasteiger partial charge on any atom is -0.504 e. The van der Waals surface area contributed by atoms with E-state index in [-0.39, 0.29) is 11.9 Å². The van der Waals surface area contributed by atoms with Crippen LogP contribution in [0.25, 0.3) is 0 Å². The van der Waals surface area contributed by atoms with E-state index in [4.69, 9.17) is 14.2 Å². The van der Waals surface area contributed by atoms with Crippen molar-refractivity contribution >= 4 is 13.3 Å². The predicted octanol–water partition coefficient (Wildman–Crippen LogP) is 2.41. The van der Waals surface area contributed by atoms with Gasteiger partial charge in [0.1, 0.15) is 0 Å². The van der Waals surface area contributed by atoms with Crippen LogP contribution in [0.3, 0.4) is 0 Å². The molecule has 3 aliphatic heterocycles. The van der Waals surface area contributed by atoms with Crippen LogP contribution in [0.4, 0.5) is 0 Å². The Labute approximate surface area is 165 Å². The average molecular weight is 402 g/mol. The van der Waals surface area contributed by atoms with Crippen molar-refractivity contribution in [2.45, 2.75) is 67.1 Å². The maximum Gasteiger partial charge on any atom is 0.207 e. The lowest BCUT2D eigenvalue weighted by atomic mass is 9.51. The summed E-state index contributed by atoms with van der Waals surface area (Å²) in [6, 6.07) is 3.83. The number of benzene rings is 1. The Morgan fingerprint density at radius 1 is 1.11 bits per heavy atom. The van der Waals surface area contributed by atoms with E-state index in [1.54, 1.807) is 6.07 Å². The number of ether oxygens (including phenoxy) is 3. The second-order valence-corrected chi connectivity index (χ2v) is 12.4. The van der Waals surface area contributed by atoms with Crippen LogP contribution in [0.15, 0.2) is 12.1 Å². The van der Waals surface area contributed by atoms with Gasteiger partial charge in [-0.15, -0.1) is 7.55 Å². The average Bonchev–Trinajstić information content (AvgIpc) is 3.23. The molecule has 0 radical (unpaired) electrons. The summed E-state index contributed by atoms with van der Waals surface area (Å²) in [6.45, 7) is 1.13. The molecule has 2 saturated heterocycles. The van der Waals surface area contributed by atoms with Crippen LogP contribution in [0.5, 0.6) is 11.5 Å². The van der Waals surface area contributed by atoms with Crippen LogP contribution < -0.4 is 4.74 Å². The summed E-state index contributed by atoms with van der Waals surface area (Å²) in [4.78, 5) is 0. The first-order valence-corrected chi connectivity index (χ1v) is 12.7. The third-order valence-electron chi connectivity index (χ3n) is 8.48. The topological polar surface area (TPSA) is 68.2 Å². The first-order chi connectivity index (χ1) is 13.6. The zero-order valence-electron chi connectivity index (χ0n) is 15.9. The van der Waals surface area contributed by atoms with Crippen molar-refractivity contribution in [2.24, 2.45) is 5.92 Å². The Hall–Kier alpha value is -1.00. The van der Waals surface area contributed by atoms with E-state index < -0.39 is 24.3 Å². The number of fused-ring (bicyclic) bond motifs is 1. The van der Waals surface area contributed by atoms with Gasteiger partial charge in [-0.3, -0.25) is 0 Å². The van der Waals surface area contributed by atoms with Gasteiger partial charge in [0, 0.05) is 17.6 Å². The lowest BCUT2D eigenvalue weighted by molar-refractivity contribution is -0.278. The molecule has 1 aromatic carbocycles. The fraction of sp³-hybridized carbons (Fsp3) is 0.682. The Morgan fingerprint density at radius 3 is 2.71 bits per heavy atom. The molecule has 5 nitrogen and oxygen atoms in total. The highest BCUT2D eigenvalue weighted by Gasteiger charge is 2.76. The standard InChI is InChI=1S/C22H27O5P/c23-15-4-3-14-11-16-21(24)5-6-22(25-8-9-26-22)19-20(21,17(14)18(15)27-19)7-10-28(16)12-13-1-2-13/h3-4,12-13,16,19,23-24,28H,1-2,5-11H2/t16-,19-,20+,21-/m1/s1. The molecule has 2 N–H and O–H groups in total. The molecule has 2 spiro atoms. The highest BCUT2D eigenvalue weighted by molar-refractivity contribution is 7.58. The van der Waals surface area contributed by atoms with E-state index in [0.29, 0.717) is 37.5 Å². The van der Waals surface area contributed by atoms with E-state index in [1.165, 1.54) is 24.6 Å². The number of hydrogen-bond donors (Lipinski definition) is 2. The SMILES string of the molecule is Oc1ccc2c3c1O[C@H]1C4(CC[C@@]5(O)[C@@H](C2)/[PH](=C/C2CC2)CC[C@]315)OCCO4. The van der Waals surface area contributed by atoms with Gasteiger partial charge in [0.25, 0.3) is 0 Å². The summed E-state index contributed by atoms with van der Waals surface area (Å²) in [5, 5.41) is 23.0. The molecule has 3 aliphatic carbocycles. The second-order valence-electron chi connectivity index (χ2n) is 9.69. The van der Waals surface area contributed by atoms with Crippen molar-refractivity contribution in [1.82, 2.24) is 0 Å². The minimum atomic E-state index is -0.790. The number of aromatic hydroxyl groups is 1.